The molecule has 0 heterocycles. The van der Waals surface area contributed by atoms with Crippen molar-refractivity contribution in [2.75, 3.05) is 19.4 Å². The molecule has 1 aromatic carbocycles. The molecule has 0 bridgehead atoms. The number of aliphatic hydroxyl groups is 1. The van der Waals surface area contributed by atoms with E-state index in [1.165, 1.54) is 11.8 Å². The zero-order valence-electron chi connectivity index (χ0n) is 8.96. The van der Waals surface area contributed by atoms with Crippen molar-refractivity contribution in [1.82, 2.24) is 5.32 Å². The lowest BCUT2D eigenvalue weighted by molar-refractivity contribution is 0.322. The van der Waals surface area contributed by atoms with Crippen LogP contribution >= 0.6 is 11.8 Å². The Labute approximate surface area is 93.9 Å². The van der Waals surface area contributed by atoms with E-state index < -0.39 is 0 Å². The van der Waals surface area contributed by atoms with Gasteiger partial charge in [-0.3, -0.25) is 0 Å². The molecule has 0 fully saturated rings. The first-order chi connectivity index (χ1) is 7.19. The van der Waals surface area contributed by atoms with Gasteiger partial charge in [-0.15, -0.1) is 11.8 Å². The number of halogens is 1. The van der Waals surface area contributed by atoms with Gasteiger partial charge in [0.25, 0.3) is 0 Å². The summed E-state index contributed by atoms with van der Waals surface area (Å²) < 4.78 is 13.5. The molecule has 0 aliphatic heterocycles. The van der Waals surface area contributed by atoms with Gasteiger partial charge in [0, 0.05) is 16.7 Å². The summed E-state index contributed by atoms with van der Waals surface area (Å²) in [5.41, 5.74) is 0.934. The largest absolute Gasteiger partial charge is 0.396 e. The van der Waals surface area contributed by atoms with Crippen LogP contribution in [-0.2, 0) is 0 Å². The number of nitrogens with one attached hydrogen (secondary N) is 1. The van der Waals surface area contributed by atoms with Crippen LogP contribution in [0.2, 0.25) is 0 Å². The van der Waals surface area contributed by atoms with Crippen molar-refractivity contribution < 1.29 is 9.50 Å². The van der Waals surface area contributed by atoms with E-state index in [0.29, 0.717) is 10.6 Å². The molecule has 1 aromatic rings. The number of thioether (sulfide) groups is 1. The zero-order chi connectivity index (χ0) is 11.3. The van der Waals surface area contributed by atoms with Crippen LogP contribution in [-0.4, -0.2) is 24.5 Å². The van der Waals surface area contributed by atoms with E-state index in [4.69, 9.17) is 5.11 Å². The van der Waals surface area contributed by atoms with Crippen molar-refractivity contribution in [3.8, 4) is 0 Å². The lowest BCUT2D eigenvalue weighted by atomic mass is 10.1. The number of aliphatic hydroxyl groups excluding tert-OH is 1. The summed E-state index contributed by atoms with van der Waals surface area (Å²) in [5, 5.41) is 11.7. The quantitative estimate of drug-likeness (QED) is 0.759. The topological polar surface area (TPSA) is 32.3 Å². The SMILES string of the molecule is CNC(C)c1ccc(SCCO)c(F)c1. The van der Waals surface area contributed by atoms with Crippen LogP contribution in [0.1, 0.15) is 18.5 Å². The summed E-state index contributed by atoms with van der Waals surface area (Å²) in [7, 11) is 1.84. The molecule has 84 valence electrons. The predicted molar refractivity (Wildman–Crippen MR) is 61.7 cm³/mol. The zero-order valence-corrected chi connectivity index (χ0v) is 9.77. The van der Waals surface area contributed by atoms with E-state index in [1.807, 2.05) is 20.0 Å². The van der Waals surface area contributed by atoms with E-state index in [0.717, 1.165) is 5.56 Å². The number of benzene rings is 1. The summed E-state index contributed by atoms with van der Waals surface area (Å²) in [6, 6.07) is 5.36. The monoisotopic (exact) mass is 229 g/mol. The fourth-order valence-corrected chi connectivity index (χ4v) is 1.90. The summed E-state index contributed by atoms with van der Waals surface area (Å²) in [5.74, 6) is 0.311. The van der Waals surface area contributed by atoms with Crippen LogP contribution in [0.25, 0.3) is 0 Å². The molecule has 1 atom stereocenters. The highest BCUT2D eigenvalue weighted by atomic mass is 32.2. The van der Waals surface area contributed by atoms with Crippen molar-refractivity contribution >= 4 is 11.8 Å². The predicted octanol–water partition coefficient (Wildman–Crippen LogP) is 2.19. The highest BCUT2D eigenvalue weighted by Gasteiger charge is 2.07. The second-order valence-electron chi connectivity index (χ2n) is 3.27. The minimum Gasteiger partial charge on any atom is -0.396 e. The van der Waals surface area contributed by atoms with E-state index in [-0.39, 0.29) is 18.5 Å². The third-order valence-electron chi connectivity index (χ3n) is 2.24. The summed E-state index contributed by atoms with van der Waals surface area (Å²) >= 11 is 1.33. The first-order valence-electron chi connectivity index (χ1n) is 4.89. The van der Waals surface area contributed by atoms with Gasteiger partial charge in [0.2, 0.25) is 0 Å². The molecule has 0 saturated carbocycles. The lowest BCUT2D eigenvalue weighted by Crippen LogP contribution is -2.12. The summed E-state index contributed by atoms with van der Waals surface area (Å²) in [6.07, 6.45) is 0. The van der Waals surface area contributed by atoms with Crippen LogP contribution in [0.4, 0.5) is 4.39 Å². The lowest BCUT2D eigenvalue weighted by Gasteiger charge is -2.11. The summed E-state index contributed by atoms with van der Waals surface area (Å²) in [4.78, 5) is 0.594. The van der Waals surface area contributed by atoms with Crippen LogP contribution in [0.3, 0.4) is 0 Å². The Kier molecular flexibility index (Phi) is 5.08. The molecule has 0 amide bonds. The fourth-order valence-electron chi connectivity index (χ4n) is 1.23. The minimum absolute atomic E-state index is 0.0682. The second-order valence-corrected chi connectivity index (χ2v) is 4.41. The van der Waals surface area contributed by atoms with E-state index in [2.05, 4.69) is 5.32 Å². The molecule has 1 rings (SSSR count). The van der Waals surface area contributed by atoms with Gasteiger partial charge in [-0.1, -0.05) is 6.07 Å². The molecular formula is C11H16FNOS. The van der Waals surface area contributed by atoms with E-state index in [1.54, 1.807) is 12.1 Å². The molecule has 0 spiro atoms. The van der Waals surface area contributed by atoms with Gasteiger partial charge in [-0.25, -0.2) is 4.39 Å². The first-order valence-corrected chi connectivity index (χ1v) is 5.88. The van der Waals surface area contributed by atoms with E-state index >= 15 is 0 Å². The van der Waals surface area contributed by atoms with Gasteiger partial charge in [0.05, 0.1) is 6.61 Å². The first kappa shape index (κ1) is 12.5. The minimum atomic E-state index is -0.215. The molecule has 4 heteroatoms. The van der Waals surface area contributed by atoms with Gasteiger partial charge in [-0.2, -0.15) is 0 Å². The van der Waals surface area contributed by atoms with Crippen LogP contribution in [0, 0.1) is 5.82 Å². The maximum atomic E-state index is 13.5. The molecule has 15 heavy (non-hydrogen) atoms. The molecule has 1 unspecified atom stereocenters. The molecule has 0 aliphatic rings. The highest BCUT2D eigenvalue weighted by Crippen LogP contribution is 2.24. The molecule has 0 aliphatic carbocycles. The molecule has 2 N–H and O–H groups in total. The van der Waals surface area contributed by atoms with Gasteiger partial charge in [0.1, 0.15) is 5.82 Å². The Hall–Kier alpha value is -0.580. The number of rotatable bonds is 5. The Morgan fingerprint density at radius 1 is 1.53 bits per heavy atom. The van der Waals surface area contributed by atoms with Crippen LogP contribution in [0.5, 0.6) is 0 Å². The molecular weight excluding hydrogens is 213 g/mol. The van der Waals surface area contributed by atoms with Gasteiger partial charge in [-0.05, 0) is 31.7 Å². The maximum Gasteiger partial charge on any atom is 0.137 e. The number of hydrogen-bond acceptors (Lipinski definition) is 3. The van der Waals surface area contributed by atoms with Gasteiger partial charge < -0.3 is 10.4 Å². The van der Waals surface area contributed by atoms with Crippen molar-refractivity contribution in [2.45, 2.75) is 17.9 Å². The van der Waals surface area contributed by atoms with Crippen LogP contribution in [0.15, 0.2) is 23.1 Å². The van der Waals surface area contributed by atoms with Crippen LogP contribution < -0.4 is 5.32 Å². The third kappa shape index (κ3) is 3.48. The highest BCUT2D eigenvalue weighted by molar-refractivity contribution is 7.99. The normalized spacial score (nSPS) is 12.8. The molecule has 0 aromatic heterocycles. The Bertz CT molecular complexity index is 319. The molecule has 0 radical (unpaired) electrons. The molecule has 0 saturated heterocycles. The third-order valence-corrected chi connectivity index (χ3v) is 3.27. The average Bonchev–Trinajstić information content (AvgIpc) is 2.26. The Morgan fingerprint density at radius 2 is 2.27 bits per heavy atom. The smallest absolute Gasteiger partial charge is 0.137 e. The van der Waals surface area contributed by atoms with Crippen molar-refractivity contribution in [2.24, 2.45) is 0 Å². The van der Waals surface area contributed by atoms with Crippen molar-refractivity contribution in [1.29, 1.82) is 0 Å². The molecule has 2 nitrogen and oxygen atoms in total. The second kappa shape index (κ2) is 6.10. The van der Waals surface area contributed by atoms with E-state index in [9.17, 15) is 4.39 Å². The average molecular weight is 229 g/mol. The number of hydrogen-bond donors (Lipinski definition) is 2. The Balaban J connectivity index is 2.78. The summed E-state index contributed by atoms with van der Waals surface area (Å²) in [6.45, 7) is 2.05. The fraction of sp³-hybridized carbons (Fsp3) is 0.455. The van der Waals surface area contributed by atoms with Crippen molar-refractivity contribution in [3.05, 3.63) is 29.6 Å². The van der Waals surface area contributed by atoms with Gasteiger partial charge >= 0.3 is 0 Å². The maximum absolute atomic E-state index is 13.5. The van der Waals surface area contributed by atoms with Crippen molar-refractivity contribution in [3.63, 3.8) is 0 Å². The van der Waals surface area contributed by atoms with Gasteiger partial charge in [0.15, 0.2) is 0 Å². The Morgan fingerprint density at radius 3 is 2.80 bits per heavy atom. The standard InChI is InChI=1S/C11H16FNOS/c1-8(13-2)9-3-4-11(10(12)7-9)15-6-5-14/h3-4,7-8,13-14H,5-6H2,1-2H3.